The zero-order valence-corrected chi connectivity index (χ0v) is 22.2. The first-order chi connectivity index (χ1) is 18.0. The van der Waals surface area contributed by atoms with Crippen molar-refractivity contribution in [3.63, 3.8) is 0 Å². The lowest BCUT2D eigenvalue weighted by atomic mass is 9.97. The summed E-state index contributed by atoms with van der Waals surface area (Å²) >= 11 is 0. The molecule has 1 amide bonds. The van der Waals surface area contributed by atoms with Crippen molar-refractivity contribution in [3.8, 4) is 28.3 Å². The molecule has 7 nitrogen and oxygen atoms in total. The van der Waals surface area contributed by atoms with Crippen molar-refractivity contribution in [1.29, 1.82) is 5.26 Å². The van der Waals surface area contributed by atoms with E-state index in [1.807, 2.05) is 87.0 Å². The maximum atomic E-state index is 12.6. The van der Waals surface area contributed by atoms with Gasteiger partial charge < -0.3 is 9.64 Å². The summed E-state index contributed by atoms with van der Waals surface area (Å²) in [4.78, 5) is 31.0. The van der Waals surface area contributed by atoms with E-state index in [4.69, 9.17) is 9.72 Å². The Morgan fingerprint density at radius 2 is 1.82 bits per heavy atom. The second kappa shape index (κ2) is 10.3. The first kappa shape index (κ1) is 26.4. The Morgan fingerprint density at radius 3 is 2.50 bits per heavy atom. The maximum absolute atomic E-state index is 12.6. The lowest BCUT2D eigenvalue weighted by Gasteiger charge is -2.22. The van der Waals surface area contributed by atoms with Crippen LogP contribution < -0.4 is 4.90 Å². The normalized spacial score (nSPS) is 12.0. The fourth-order valence-corrected chi connectivity index (χ4v) is 4.10. The van der Waals surface area contributed by atoms with Crippen molar-refractivity contribution < 1.29 is 14.3 Å². The van der Waals surface area contributed by atoms with Crippen LogP contribution in [0.25, 0.3) is 33.3 Å². The van der Waals surface area contributed by atoms with Crippen molar-refractivity contribution in [2.75, 3.05) is 11.9 Å². The summed E-state index contributed by atoms with van der Waals surface area (Å²) < 4.78 is 7.62. The van der Waals surface area contributed by atoms with E-state index < -0.39 is 11.6 Å². The lowest BCUT2D eigenvalue weighted by Crippen LogP contribution is -2.26. The summed E-state index contributed by atoms with van der Waals surface area (Å²) in [5.41, 5.74) is 4.73. The molecule has 4 rings (SSSR count). The molecule has 7 heteroatoms. The molecule has 0 bridgehead atoms. The maximum Gasteiger partial charge on any atom is 0.313 e. The van der Waals surface area contributed by atoms with Crippen molar-refractivity contribution in [2.24, 2.45) is 5.41 Å². The summed E-state index contributed by atoms with van der Waals surface area (Å²) in [6.45, 7) is 10.8. The standard InChI is InChI=1S/C31H30N4O3/c1-7-28(36)34(6)25-13-9-11-22(15-25)24-16-26-27(23-12-8-10-21(14-23)17-32)19-35(29(26)33-18-24)20(2)38-30(37)31(3,4)5/h7-16,18-20H,1H2,2-6H3. The van der Waals surface area contributed by atoms with Crippen LogP contribution in [0.1, 0.15) is 39.5 Å². The number of anilines is 1. The minimum atomic E-state index is -0.646. The van der Waals surface area contributed by atoms with Crippen LogP contribution in [0.3, 0.4) is 0 Å². The predicted octanol–water partition coefficient (Wildman–Crippen LogP) is 6.50. The minimum Gasteiger partial charge on any atom is -0.441 e. The number of hydrogen-bond donors (Lipinski definition) is 0. The number of rotatable bonds is 6. The largest absolute Gasteiger partial charge is 0.441 e. The van der Waals surface area contributed by atoms with E-state index in [1.54, 1.807) is 19.3 Å². The molecule has 2 aromatic heterocycles. The highest BCUT2D eigenvalue weighted by Crippen LogP contribution is 2.36. The molecular weight excluding hydrogens is 476 g/mol. The number of nitrogens with zero attached hydrogens (tertiary/aromatic N) is 4. The van der Waals surface area contributed by atoms with Gasteiger partial charge in [-0.25, -0.2) is 4.98 Å². The molecule has 0 N–H and O–H groups in total. The number of esters is 1. The number of hydrogen-bond acceptors (Lipinski definition) is 5. The summed E-state index contributed by atoms with van der Waals surface area (Å²) in [6, 6.07) is 19.2. The third-order valence-corrected chi connectivity index (χ3v) is 6.33. The van der Waals surface area contributed by atoms with Gasteiger partial charge in [0.25, 0.3) is 0 Å². The zero-order valence-electron chi connectivity index (χ0n) is 22.2. The number of carbonyl (C=O) groups is 2. The topological polar surface area (TPSA) is 88.2 Å². The van der Waals surface area contributed by atoms with Gasteiger partial charge in [0.1, 0.15) is 5.65 Å². The van der Waals surface area contributed by atoms with Crippen LogP contribution in [-0.4, -0.2) is 28.5 Å². The van der Waals surface area contributed by atoms with E-state index in [2.05, 4.69) is 12.6 Å². The van der Waals surface area contributed by atoms with Crippen LogP contribution in [-0.2, 0) is 14.3 Å². The number of aromatic nitrogens is 2. The van der Waals surface area contributed by atoms with Gasteiger partial charge >= 0.3 is 5.97 Å². The van der Waals surface area contributed by atoms with E-state index in [0.717, 1.165) is 33.3 Å². The third kappa shape index (κ3) is 5.21. The first-order valence-electron chi connectivity index (χ1n) is 12.3. The van der Waals surface area contributed by atoms with Crippen LogP contribution in [0.4, 0.5) is 5.69 Å². The van der Waals surface area contributed by atoms with Crippen molar-refractivity contribution in [3.05, 3.63) is 85.2 Å². The monoisotopic (exact) mass is 506 g/mol. The summed E-state index contributed by atoms with van der Waals surface area (Å²) in [6.07, 6.45) is 4.35. The number of fused-ring (bicyclic) bond motifs is 1. The van der Waals surface area contributed by atoms with Crippen LogP contribution in [0, 0.1) is 16.7 Å². The van der Waals surface area contributed by atoms with Gasteiger partial charge in [-0.2, -0.15) is 5.26 Å². The molecule has 0 saturated heterocycles. The molecule has 192 valence electrons. The number of nitriles is 1. The van der Waals surface area contributed by atoms with E-state index >= 15 is 0 Å². The molecule has 1 unspecified atom stereocenters. The third-order valence-electron chi connectivity index (χ3n) is 6.33. The Balaban J connectivity index is 1.86. The molecule has 38 heavy (non-hydrogen) atoms. The second-order valence-electron chi connectivity index (χ2n) is 10.1. The fraction of sp³-hybridized carbons (Fsp3) is 0.226. The van der Waals surface area contributed by atoms with Gasteiger partial charge in [-0.15, -0.1) is 0 Å². The highest BCUT2D eigenvalue weighted by molar-refractivity contribution is 6.01. The summed E-state index contributed by atoms with van der Waals surface area (Å²) in [7, 11) is 1.70. The van der Waals surface area contributed by atoms with E-state index in [1.165, 1.54) is 11.0 Å². The molecule has 2 aromatic carbocycles. The van der Waals surface area contributed by atoms with Crippen LogP contribution in [0.2, 0.25) is 0 Å². The molecule has 0 aliphatic heterocycles. The van der Waals surface area contributed by atoms with Gasteiger partial charge in [-0.3, -0.25) is 14.2 Å². The highest BCUT2D eigenvalue weighted by atomic mass is 16.6. The molecule has 0 saturated carbocycles. The number of amides is 1. The van der Waals surface area contributed by atoms with E-state index in [0.29, 0.717) is 11.2 Å². The van der Waals surface area contributed by atoms with Gasteiger partial charge in [0.15, 0.2) is 6.23 Å². The van der Waals surface area contributed by atoms with Gasteiger partial charge in [-0.1, -0.05) is 30.8 Å². The van der Waals surface area contributed by atoms with Crippen molar-refractivity contribution in [1.82, 2.24) is 9.55 Å². The van der Waals surface area contributed by atoms with Crippen molar-refractivity contribution >= 4 is 28.6 Å². The van der Waals surface area contributed by atoms with Crippen molar-refractivity contribution in [2.45, 2.75) is 33.9 Å². The van der Waals surface area contributed by atoms with Gasteiger partial charge in [0, 0.05) is 41.6 Å². The molecule has 0 radical (unpaired) electrons. The summed E-state index contributed by atoms with van der Waals surface area (Å²) in [5.74, 6) is -0.516. The number of likely N-dealkylation sites (N-methyl/N-ethyl adjacent to an activating group) is 1. The minimum absolute atomic E-state index is 0.203. The molecule has 1 atom stereocenters. The molecule has 2 heterocycles. The first-order valence-corrected chi connectivity index (χ1v) is 12.3. The number of carbonyl (C=O) groups excluding carboxylic acids is 2. The Kier molecular flexibility index (Phi) is 7.18. The smallest absolute Gasteiger partial charge is 0.313 e. The average molecular weight is 507 g/mol. The molecule has 0 aliphatic rings. The van der Waals surface area contributed by atoms with Crippen LogP contribution in [0.15, 0.2) is 79.6 Å². The number of ether oxygens (including phenoxy) is 1. The van der Waals surface area contributed by atoms with Gasteiger partial charge in [-0.05, 0) is 75.2 Å². The molecule has 0 spiro atoms. The quantitative estimate of drug-likeness (QED) is 0.220. The van der Waals surface area contributed by atoms with Gasteiger partial charge in [0.05, 0.1) is 17.0 Å². The predicted molar refractivity (Wildman–Crippen MR) is 149 cm³/mol. The lowest BCUT2D eigenvalue weighted by molar-refractivity contribution is -0.162. The Morgan fingerprint density at radius 1 is 1.11 bits per heavy atom. The van der Waals surface area contributed by atoms with E-state index in [9.17, 15) is 14.9 Å². The summed E-state index contributed by atoms with van der Waals surface area (Å²) in [5, 5.41) is 10.3. The highest BCUT2D eigenvalue weighted by Gasteiger charge is 2.27. The molecule has 0 aliphatic carbocycles. The van der Waals surface area contributed by atoms with Gasteiger partial charge in [0.2, 0.25) is 5.91 Å². The Hall–Kier alpha value is -4.70. The van der Waals surface area contributed by atoms with Crippen LogP contribution in [0.5, 0.6) is 0 Å². The average Bonchev–Trinajstić information content (AvgIpc) is 3.30. The fourth-order valence-electron chi connectivity index (χ4n) is 4.10. The molecule has 4 aromatic rings. The zero-order chi connectivity index (χ0) is 27.6. The molecular formula is C31H30N4O3. The molecule has 0 fully saturated rings. The number of benzene rings is 2. The van der Waals surface area contributed by atoms with E-state index in [-0.39, 0.29) is 11.9 Å². The van der Waals surface area contributed by atoms with Crippen LogP contribution >= 0.6 is 0 Å². The Labute approximate surface area is 222 Å². The number of pyridine rings is 1. The SMILES string of the molecule is C=CC(=O)N(C)c1cccc(-c2cnc3c(c2)c(-c2cccc(C#N)c2)cn3C(C)OC(=O)C(C)(C)C)c1. The Bertz CT molecular complexity index is 1590. The second-order valence-corrected chi connectivity index (χ2v) is 10.1.